The second-order valence-electron chi connectivity index (χ2n) is 11.6. The molecular weight excluding hydrogens is 606 g/mol. The van der Waals surface area contributed by atoms with Crippen molar-refractivity contribution in [3.05, 3.63) is 60.8 Å². The topological polar surface area (TPSA) is 184 Å². The maximum absolute atomic E-state index is 13.4. The molecule has 5 unspecified atom stereocenters. The minimum absolute atomic E-state index is 0.0101. The van der Waals surface area contributed by atoms with E-state index in [4.69, 9.17) is 9.84 Å². The van der Waals surface area contributed by atoms with Crippen molar-refractivity contribution in [1.82, 2.24) is 25.8 Å². The van der Waals surface area contributed by atoms with Crippen LogP contribution in [0.15, 0.2) is 60.8 Å². The molecule has 13 heteroatoms. The molecule has 13 nitrogen and oxygen atoms in total. The summed E-state index contributed by atoms with van der Waals surface area (Å²) < 4.78 is 6.25. The first-order valence-corrected chi connectivity index (χ1v) is 15.4. The van der Waals surface area contributed by atoms with E-state index >= 15 is 0 Å². The Morgan fingerprint density at radius 1 is 1.06 bits per heavy atom. The van der Waals surface area contributed by atoms with Crippen molar-refractivity contribution < 1.29 is 38.6 Å². The van der Waals surface area contributed by atoms with Gasteiger partial charge in [-0.1, -0.05) is 44.5 Å². The first kappa shape index (κ1) is 34.5. The minimum Gasteiger partial charge on any atom is -0.488 e. The summed E-state index contributed by atoms with van der Waals surface area (Å²) >= 11 is 0. The highest BCUT2D eigenvalue weighted by Crippen LogP contribution is 2.29. The van der Waals surface area contributed by atoms with Crippen molar-refractivity contribution in [2.75, 3.05) is 13.1 Å². The number of aldehydes is 1. The Labute approximate surface area is 272 Å². The van der Waals surface area contributed by atoms with E-state index in [1.165, 1.54) is 11.8 Å². The molecule has 4 rings (SSSR count). The van der Waals surface area contributed by atoms with Crippen LogP contribution in [0.2, 0.25) is 0 Å². The van der Waals surface area contributed by atoms with Crippen LogP contribution in [0.5, 0.6) is 5.75 Å². The Kier molecular flexibility index (Phi) is 11.6. The van der Waals surface area contributed by atoms with Gasteiger partial charge in [-0.15, -0.1) is 0 Å². The summed E-state index contributed by atoms with van der Waals surface area (Å²) in [5, 5.41) is 17.7. The summed E-state index contributed by atoms with van der Waals surface area (Å²) in [6.07, 6.45) is 1.46. The number of aromatic nitrogens is 1. The number of pyridine rings is 1. The summed E-state index contributed by atoms with van der Waals surface area (Å²) in [5.41, 5.74) is 2.69. The number of carboxylic acid groups (broad SMARTS) is 1. The molecule has 4 N–H and O–H groups in total. The second kappa shape index (κ2) is 15.8. The maximum Gasteiger partial charge on any atom is 0.305 e. The number of benzene rings is 2. The van der Waals surface area contributed by atoms with E-state index in [-0.39, 0.29) is 24.8 Å². The number of aliphatic carboxylic acids is 1. The molecule has 0 radical (unpaired) electrons. The van der Waals surface area contributed by atoms with Gasteiger partial charge in [0.25, 0.3) is 0 Å². The molecule has 47 heavy (non-hydrogen) atoms. The molecule has 1 aliphatic rings. The Morgan fingerprint density at radius 2 is 1.83 bits per heavy atom. The third-order valence-corrected chi connectivity index (χ3v) is 8.11. The molecule has 1 fully saturated rings. The number of carboxylic acids is 1. The SMILES string of the molecule is CCC(C)C(NC(C)=O)C(=O)NCC(=O)N1CC(Oc2cccc(-c3ccc4ncccc4c3)c2)CC1C(=O)NC(C=O)CC(=O)O. The molecule has 2 aromatic carbocycles. The highest BCUT2D eigenvalue weighted by atomic mass is 16.5. The highest BCUT2D eigenvalue weighted by Gasteiger charge is 2.41. The van der Waals surface area contributed by atoms with Crippen LogP contribution in [0.25, 0.3) is 22.0 Å². The molecule has 4 amide bonds. The van der Waals surface area contributed by atoms with E-state index in [1.54, 1.807) is 19.2 Å². The lowest BCUT2D eigenvalue weighted by atomic mass is 9.98. The average Bonchev–Trinajstić information content (AvgIpc) is 3.48. The number of fused-ring (bicyclic) bond motifs is 1. The maximum atomic E-state index is 13.4. The van der Waals surface area contributed by atoms with Gasteiger partial charge in [-0.25, -0.2) is 0 Å². The zero-order valence-electron chi connectivity index (χ0n) is 26.5. The number of carbonyl (C=O) groups excluding carboxylic acids is 5. The number of hydrogen-bond donors (Lipinski definition) is 4. The van der Waals surface area contributed by atoms with Crippen LogP contribution in [-0.4, -0.2) is 88.2 Å². The van der Waals surface area contributed by atoms with Crippen LogP contribution in [0.1, 0.15) is 40.0 Å². The van der Waals surface area contributed by atoms with Crippen molar-refractivity contribution in [3.63, 3.8) is 0 Å². The van der Waals surface area contributed by atoms with Gasteiger partial charge in [0.05, 0.1) is 31.1 Å². The number of rotatable bonds is 14. The quantitative estimate of drug-likeness (QED) is 0.191. The minimum atomic E-state index is -1.29. The van der Waals surface area contributed by atoms with Crippen LogP contribution >= 0.6 is 0 Å². The van der Waals surface area contributed by atoms with E-state index in [9.17, 15) is 28.8 Å². The third kappa shape index (κ3) is 9.12. The summed E-state index contributed by atoms with van der Waals surface area (Å²) in [7, 11) is 0. The summed E-state index contributed by atoms with van der Waals surface area (Å²) in [6, 6.07) is 13.9. The van der Waals surface area contributed by atoms with Crippen LogP contribution in [0.3, 0.4) is 0 Å². The average molecular weight is 646 g/mol. The molecule has 0 bridgehead atoms. The summed E-state index contributed by atoms with van der Waals surface area (Å²) in [5.74, 6) is -3.21. The Balaban J connectivity index is 1.51. The number of hydrogen-bond acceptors (Lipinski definition) is 8. The van der Waals surface area contributed by atoms with E-state index in [0.29, 0.717) is 18.5 Å². The number of nitrogens with zero attached hydrogens (tertiary/aromatic N) is 2. The monoisotopic (exact) mass is 645 g/mol. The number of ether oxygens (including phenoxy) is 1. The molecule has 2 heterocycles. The van der Waals surface area contributed by atoms with Gasteiger partial charge in [0.1, 0.15) is 30.2 Å². The fourth-order valence-corrected chi connectivity index (χ4v) is 5.50. The molecule has 248 valence electrons. The first-order chi connectivity index (χ1) is 22.5. The van der Waals surface area contributed by atoms with E-state index in [0.717, 1.165) is 22.0 Å². The molecule has 0 spiro atoms. The smallest absolute Gasteiger partial charge is 0.305 e. The largest absolute Gasteiger partial charge is 0.488 e. The van der Waals surface area contributed by atoms with Crippen molar-refractivity contribution in [3.8, 4) is 16.9 Å². The van der Waals surface area contributed by atoms with Gasteiger partial charge in [0.15, 0.2) is 0 Å². The Bertz CT molecular complexity index is 1650. The predicted molar refractivity (Wildman–Crippen MR) is 172 cm³/mol. The lowest BCUT2D eigenvalue weighted by Gasteiger charge is -2.26. The number of likely N-dealkylation sites (tertiary alicyclic amines) is 1. The number of carbonyl (C=O) groups is 6. The van der Waals surface area contributed by atoms with Crippen LogP contribution < -0.4 is 20.7 Å². The highest BCUT2D eigenvalue weighted by molar-refractivity contribution is 5.94. The van der Waals surface area contributed by atoms with Crippen molar-refractivity contribution >= 4 is 46.8 Å². The fraction of sp³-hybridized carbons (Fsp3) is 0.382. The van der Waals surface area contributed by atoms with Gasteiger partial charge in [-0.05, 0) is 47.4 Å². The lowest BCUT2D eigenvalue weighted by Crippen LogP contribution is -2.54. The molecule has 3 aromatic rings. The van der Waals surface area contributed by atoms with E-state index < -0.39 is 60.9 Å². The van der Waals surface area contributed by atoms with Gasteiger partial charge in [-0.2, -0.15) is 0 Å². The Morgan fingerprint density at radius 3 is 2.53 bits per heavy atom. The van der Waals surface area contributed by atoms with Gasteiger partial charge in [-0.3, -0.25) is 29.0 Å². The number of amides is 4. The van der Waals surface area contributed by atoms with Crippen molar-refractivity contribution in [1.29, 1.82) is 0 Å². The summed E-state index contributed by atoms with van der Waals surface area (Å²) in [6.45, 7) is 4.51. The first-order valence-electron chi connectivity index (χ1n) is 15.4. The van der Waals surface area contributed by atoms with Gasteiger partial charge < -0.3 is 35.5 Å². The Hall–Kier alpha value is -5.33. The zero-order valence-corrected chi connectivity index (χ0v) is 26.5. The molecule has 1 aromatic heterocycles. The van der Waals surface area contributed by atoms with E-state index in [2.05, 4.69) is 20.9 Å². The molecular formula is C34H39N5O8. The van der Waals surface area contributed by atoms with E-state index in [1.807, 2.05) is 55.5 Å². The predicted octanol–water partition coefficient (Wildman–Crippen LogP) is 2.08. The fourth-order valence-electron chi connectivity index (χ4n) is 5.50. The zero-order chi connectivity index (χ0) is 34.1. The van der Waals surface area contributed by atoms with Crippen LogP contribution in [-0.2, 0) is 28.8 Å². The van der Waals surface area contributed by atoms with Gasteiger partial charge >= 0.3 is 5.97 Å². The standard InChI is InChI=1S/C34H39N5O8/c1-4-20(2)32(37-21(3)41)34(46)36-17-30(42)39-18-27(16-29(39)33(45)38-25(19-40)15-31(43)44)47-26-9-5-7-22(14-26)23-10-11-28-24(13-23)8-6-12-35-28/h5-14,19-20,25,27,29,32H,4,15-18H2,1-3H3,(H,36,46)(H,37,41)(H,38,45)(H,43,44). The molecule has 0 aliphatic carbocycles. The number of nitrogens with one attached hydrogen (secondary N) is 3. The molecule has 1 aliphatic heterocycles. The van der Waals surface area contributed by atoms with Crippen molar-refractivity contribution in [2.45, 2.75) is 64.3 Å². The van der Waals surface area contributed by atoms with Gasteiger partial charge in [0.2, 0.25) is 23.6 Å². The molecule has 5 atom stereocenters. The van der Waals surface area contributed by atoms with Crippen LogP contribution in [0, 0.1) is 5.92 Å². The van der Waals surface area contributed by atoms with Gasteiger partial charge in [0, 0.05) is 24.9 Å². The molecule has 0 saturated carbocycles. The normalized spacial score (nSPS) is 17.6. The second-order valence-corrected chi connectivity index (χ2v) is 11.6. The molecule has 1 saturated heterocycles. The summed E-state index contributed by atoms with van der Waals surface area (Å²) in [4.78, 5) is 79.6. The lowest BCUT2D eigenvalue weighted by molar-refractivity contribution is -0.141. The van der Waals surface area contributed by atoms with Crippen molar-refractivity contribution in [2.24, 2.45) is 5.92 Å². The van der Waals surface area contributed by atoms with Crippen LogP contribution in [0.4, 0.5) is 0 Å². The third-order valence-electron chi connectivity index (χ3n) is 8.11.